The van der Waals surface area contributed by atoms with E-state index in [1.54, 1.807) is 5.57 Å². The van der Waals surface area contributed by atoms with Crippen LogP contribution in [0.5, 0.6) is 0 Å². The summed E-state index contributed by atoms with van der Waals surface area (Å²) >= 11 is 0. The largest absolute Gasteiger partial charge is 0.300 e. The summed E-state index contributed by atoms with van der Waals surface area (Å²) in [6.07, 6.45) is 6.29. The van der Waals surface area contributed by atoms with Crippen molar-refractivity contribution in [1.29, 1.82) is 0 Å². The summed E-state index contributed by atoms with van der Waals surface area (Å²) in [6.45, 7) is 12.4. The van der Waals surface area contributed by atoms with Gasteiger partial charge in [-0.3, -0.25) is 0 Å². The summed E-state index contributed by atoms with van der Waals surface area (Å²) < 4.78 is 0. The van der Waals surface area contributed by atoms with Crippen molar-refractivity contribution in [3.63, 3.8) is 0 Å². The quantitative estimate of drug-likeness (QED) is 0.546. The molecular formula is C12H25N. The highest BCUT2D eigenvalue weighted by Crippen LogP contribution is 2.05. The van der Waals surface area contributed by atoms with Crippen molar-refractivity contribution < 1.29 is 0 Å². The first-order valence-electron chi connectivity index (χ1n) is 5.62. The smallest absolute Gasteiger partial charge is 0.0165 e. The van der Waals surface area contributed by atoms with Crippen LogP contribution in [-0.2, 0) is 0 Å². The number of allylic oxidation sites excluding steroid dienone is 1. The molecule has 0 aliphatic rings. The highest BCUT2D eigenvalue weighted by Gasteiger charge is 1.95. The van der Waals surface area contributed by atoms with Crippen molar-refractivity contribution in [3.05, 3.63) is 11.6 Å². The van der Waals surface area contributed by atoms with E-state index in [0.717, 1.165) is 19.6 Å². The minimum absolute atomic E-state index is 1.13. The predicted molar refractivity (Wildman–Crippen MR) is 61.1 cm³/mol. The zero-order chi connectivity index (χ0) is 10.1. The van der Waals surface area contributed by atoms with Gasteiger partial charge >= 0.3 is 0 Å². The van der Waals surface area contributed by atoms with Crippen molar-refractivity contribution in [2.75, 3.05) is 19.6 Å². The predicted octanol–water partition coefficient (Wildman–Crippen LogP) is 3.46. The third-order valence-corrected chi connectivity index (χ3v) is 2.52. The average molecular weight is 183 g/mol. The maximum absolute atomic E-state index is 2.44. The molecule has 0 N–H and O–H groups in total. The van der Waals surface area contributed by atoms with Crippen LogP contribution in [0.3, 0.4) is 0 Å². The van der Waals surface area contributed by atoms with Crippen molar-refractivity contribution in [2.45, 2.75) is 47.0 Å². The van der Waals surface area contributed by atoms with Gasteiger partial charge in [0.25, 0.3) is 0 Å². The molecule has 0 saturated carbocycles. The highest BCUT2D eigenvalue weighted by molar-refractivity contribution is 4.99. The molecule has 0 aliphatic heterocycles. The van der Waals surface area contributed by atoms with E-state index in [2.05, 4.69) is 38.7 Å². The minimum Gasteiger partial charge on any atom is -0.300 e. The molecule has 0 bridgehead atoms. The first-order valence-corrected chi connectivity index (χ1v) is 5.62. The van der Waals surface area contributed by atoms with Crippen molar-refractivity contribution >= 4 is 0 Å². The molecule has 0 aromatic heterocycles. The number of hydrogen-bond acceptors (Lipinski definition) is 1. The first-order chi connectivity index (χ1) is 6.24. The molecule has 0 radical (unpaired) electrons. The average Bonchev–Trinajstić information content (AvgIpc) is 2.16. The topological polar surface area (TPSA) is 3.24 Å². The number of likely N-dealkylation sites (N-methyl/N-ethyl adjacent to an activating group) is 1. The first kappa shape index (κ1) is 12.7. The van der Waals surface area contributed by atoms with Crippen molar-refractivity contribution in [2.24, 2.45) is 0 Å². The molecule has 1 nitrogen and oxygen atoms in total. The summed E-state index contributed by atoms with van der Waals surface area (Å²) in [5.74, 6) is 0. The summed E-state index contributed by atoms with van der Waals surface area (Å²) in [5.41, 5.74) is 1.55. The van der Waals surface area contributed by atoms with Gasteiger partial charge in [-0.15, -0.1) is 0 Å². The van der Waals surface area contributed by atoms with E-state index in [4.69, 9.17) is 0 Å². The lowest BCUT2D eigenvalue weighted by molar-refractivity contribution is 0.336. The molecule has 0 heterocycles. The van der Waals surface area contributed by atoms with Crippen LogP contribution >= 0.6 is 0 Å². The summed E-state index contributed by atoms with van der Waals surface area (Å²) in [7, 11) is 0. The standard InChI is InChI=1S/C12H25N/c1-5-8-9-12(4)10-11-13(6-2)7-3/h10H,5-9,11H2,1-4H3/b12-10+. The third kappa shape index (κ3) is 6.83. The van der Waals surface area contributed by atoms with Gasteiger partial charge in [0, 0.05) is 6.54 Å². The normalized spacial score (nSPS) is 12.5. The van der Waals surface area contributed by atoms with Crippen LogP contribution in [-0.4, -0.2) is 24.5 Å². The van der Waals surface area contributed by atoms with Crippen molar-refractivity contribution in [3.8, 4) is 0 Å². The molecule has 0 aromatic rings. The second kappa shape index (κ2) is 8.31. The Hall–Kier alpha value is -0.300. The second-order valence-electron chi connectivity index (χ2n) is 3.64. The Bertz CT molecular complexity index is 134. The van der Waals surface area contributed by atoms with E-state index in [-0.39, 0.29) is 0 Å². The molecule has 0 amide bonds. The van der Waals surface area contributed by atoms with E-state index < -0.39 is 0 Å². The lowest BCUT2D eigenvalue weighted by atomic mass is 10.1. The van der Waals surface area contributed by atoms with Crippen molar-refractivity contribution in [1.82, 2.24) is 4.90 Å². The van der Waals surface area contributed by atoms with Gasteiger partial charge in [0.05, 0.1) is 0 Å². The monoisotopic (exact) mass is 183 g/mol. The Labute approximate surface area is 83.8 Å². The van der Waals surface area contributed by atoms with Crippen LogP contribution in [0.4, 0.5) is 0 Å². The summed E-state index contributed by atoms with van der Waals surface area (Å²) in [6, 6.07) is 0. The van der Waals surface area contributed by atoms with Gasteiger partial charge < -0.3 is 4.90 Å². The molecule has 78 valence electrons. The molecular weight excluding hydrogens is 158 g/mol. The van der Waals surface area contributed by atoms with Crippen LogP contribution in [0.2, 0.25) is 0 Å². The molecule has 0 aliphatic carbocycles. The zero-order valence-electron chi connectivity index (χ0n) is 9.77. The fraction of sp³-hybridized carbons (Fsp3) is 0.833. The fourth-order valence-corrected chi connectivity index (χ4v) is 1.32. The Balaban J connectivity index is 3.66. The van der Waals surface area contributed by atoms with Crippen LogP contribution in [0.25, 0.3) is 0 Å². The lowest BCUT2D eigenvalue weighted by Gasteiger charge is -2.15. The molecule has 0 atom stereocenters. The van der Waals surface area contributed by atoms with Gasteiger partial charge in [-0.2, -0.15) is 0 Å². The Morgan fingerprint density at radius 1 is 1.15 bits per heavy atom. The Morgan fingerprint density at radius 3 is 2.23 bits per heavy atom. The van der Waals surface area contributed by atoms with Gasteiger partial charge in [-0.25, -0.2) is 0 Å². The molecule has 0 rings (SSSR count). The lowest BCUT2D eigenvalue weighted by Crippen LogP contribution is -2.22. The molecule has 0 aromatic carbocycles. The van der Waals surface area contributed by atoms with Crippen LogP contribution in [0, 0.1) is 0 Å². The van der Waals surface area contributed by atoms with E-state index >= 15 is 0 Å². The summed E-state index contributed by atoms with van der Waals surface area (Å²) in [4.78, 5) is 2.44. The third-order valence-electron chi connectivity index (χ3n) is 2.52. The van der Waals surface area contributed by atoms with Crippen LogP contribution in [0.1, 0.15) is 47.0 Å². The van der Waals surface area contributed by atoms with Crippen LogP contribution < -0.4 is 0 Å². The summed E-state index contributed by atoms with van der Waals surface area (Å²) in [5, 5.41) is 0. The molecule has 13 heavy (non-hydrogen) atoms. The number of nitrogens with zero attached hydrogens (tertiary/aromatic N) is 1. The Morgan fingerprint density at radius 2 is 1.77 bits per heavy atom. The van der Waals surface area contributed by atoms with E-state index in [1.165, 1.54) is 19.3 Å². The van der Waals surface area contributed by atoms with Gasteiger partial charge in [0.2, 0.25) is 0 Å². The Kier molecular flexibility index (Phi) is 8.11. The van der Waals surface area contributed by atoms with Gasteiger partial charge in [-0.05, 0) is 32.9 Å². The number of unbranched alkanes of at least 4 members (excludes halogenated alkanes) is 1. The van der Waals surface area contributed by atoms with Gasteiger partial charge in [0.15, 0.2) is 0 Å². The van der Waals surface area contributed by atoms with E-state index in [0.29, 0.717) is 0 Å². The maximum Gasteiger partial charge on any atom is 0.0165 e. The molecule has 0 fully saturated rings. The van der Waals surface area contributed by atoms with E-state index in [1.807, 2.05) is 0 Å². The number of rotatable bonds is 7. The minimum atomic E-state index is 1.13. The van der Waals surface area contributed by atoms with E-state index in [9.17, 15) is 0 Å². The highest BCUT2D eigenvalue weighted by atomic mass is 15.1. The SMILES string of the molecule is CCCC/C(C)=C/CN(CC)CC. The van der Waals surface area contributed by atoms with Crippen LogP contribution in [0.15, 0.2) is 11.6 Å². The molecule has 0 saturated heterocycles. The fourth-order valence-electron chi connectivity index (χ4n) is 1.32. The van der Waals surface area contributed by atoms with Gasteiger partial charge in [0.1, 0.15) is 0 Å². The molecule has 1 heteroatoms. The molecule has 0 unspecified atom stereocenters. The maximum atomic E-state index is 2.44. The van der Waals surface area contributed by atoms with Gasteiger partial charge in [-0.1, -0.05) is 38.8 Å². The number of hydrogen-bond donors (Lipinski definition) is 0. The zero-order valence-corrected chi connectivity index (χ0v) is 9.77. The second-order valence-corrected chi connectivity index (χ2v) is 3.64. The molecule has 0 spiro atoms.